The molecular formula is C23H18N4O2. The highest BCUT2D eigenvalue weighted by Crippen LogP contribution is 2.23. The molecule has 29 heavy (non-hydrogen) atoms. The maximum atomic E-state index is 12.5. The monoisotopic (exact) mass is 382 g/mol. The average molecular weight is 382 g/mol. The highest BCUT2D eigenvalue weighted by molar-refractivity contribution is 6.05. The van der Waals surface area contributed by atoms with Gasteiger partial charge in [-0.2, -0.15) is 0 Å². The Morgan fingerprint density at radius 1 is 0.862 bits per heavy atom. The van der Waals surface area contributed by atoms with E-state index in [4.69, 9.17) is 0 Å². The molecule has 4 aromatic rings. The van der Waals surface area contributed by atoms with Crippen LogP contribution in [0.4, 0.5) is 17.2 Å². The summed E-state index contributed by atoms with van der Waals surface area (Å²) in [6.07, 6.45) is 3.25. The van der Waals surface area contributed by atoms with Crippen LogP contribution < -0.4 is 10.6 Å². The fourth-order valence-corrected chi connectivity index (χ4v) is 2.96. The first kappa shape index (κ1) is 18.3. The zero-order valence-electron chi connectivity index (χ0n) is 15.7. The van der Waals surface area contributed by atoms with Crippen LogP contribution in [0.2, 0.25) is 0 Å². The summed E-state index contributed by atoms with van der Waals surface area (Å²) in [6.45, 7) is 1.49. The van der Waals surface area contributed by atoms with Gasteiger partial charge in [0.2, 0.25) is 0 Å². The van der Waals surface area contributed by atoms with Crippen LogP contribution >= 0.6 is 0 Å². The van der Waals surface area contributed by atoms with Gasteiger partial charge in [-0.25, -0.2) is 4.98 Å². The van der Waals surface area contributed by atoms with Gasteiger partial charge in [0.15, 0.2) is 5.78 Å². The summed E-state index contributed by atoms with van der Waals surface area (Å²) in [6, 6.07) is 20.0. The maximum absolute atomic E-state index is 12.5. The Hall–Kier alpha value is -4.06. The van der Waals surface area contributed by atoms with Crippen molar-refractivity contribution in [2.24, 2.45) is 0 Å². The first-order valence-electron chi connectivity index (χ1n) is 9.09. The zero-order chi connectivity index (χ0) is 20.2. The average Bonchev–Trinajstić information content (AvgIpc) is 2.75. The largest absolute Gasteiger partial charge is 0.338 e. The summed E-state index contributed by atoms with van der Waals surface area (Å²) >= 11 is 0. The molecule has 4 rings (SSSR count). The molecule has 142 valence electrons. The van der Waals surface area contributed by atoms with Crippen molar-refractivity contribution in [3.05, 3.63) is 90.3 Å². The van der Waals surface area contributed by atoms with Gasteiger partial charge in [0.1, 0.15) is 5.82 Å². The predicted octanol–water partition coefficient (Wildman–Crippen LogP) is 4.83. The molecule has 0 atom stereocenters. The zero-order valence-corrected chi connectivity index (χ0v) is 15.7. The van der Waals surface area contributed by atoms with Crippen molar-refractivity contribution in [2.45, 2.75) is 6.92 Å². The Kier molecular flexibility index (Phi) is 4.99. The second-order valence-electron chi connectivity index (χ2n) is 6.53. The van der Waals surface area contributed by atoms with Crippen LogP contribution in [0, 0.1) is 0 Å². The lowest BCUT2D eigenvalue weighted by Gasteiger charge is -2.09. The lowest BCUT2D eigenvalue weighted by Crippen LogP contribution is -2.12. The summed E-state index contributed by atoms with van der Waals surface area (Å²) in [7, 11) is 0. The second kappa shape index (κ2) is 7.90. The number of nitrogens with zero attached hydrogens (tertiary/aromatic N) is 2. The number of pyridine rings is 2. The van der Waals surface area contributed by atoms with Crippen molar-refractivity contribution in [1.29, 1.82) is 0 Å². The van der Waals surface area contributed by atoms with Crippen LogP contribution in [0.1, 0.15) is 27.6 Å². The first-order valence-corrected chi connectivity index (χ1v) is 9.09. The number of rotatable bonds is 5. The van der Waals surface area contributed by atoms with Gasteiger partial charge in [0, 0.05) is 29.0 Å². The molecule has 0 spiro atoms. The molecule has 2 N–H and O–H groups in total. The van der Waals surface area contributed by atoms with Crippen LogP contribution in [0.5, 0.6) is 0 Å². The summed E-state index contributed by atoms with van der Waals surface area (Å²) in [5.41, 5.74) is 3.22. The number of fused-ring (bicyclic) bond motifs is 1. The van der Waals surface area contributed by atoms with Crippen LogP contribution in [-0.4, -0.2) is 21.7 Å². The number of Topliss-reactive ketones (excluding diaryl/α,β-unsaturated/α-hetero) is 1. The smallest absolute Gasteiger partial charge is 0.257 e. The van der Waals surface area contributed by atoms with Crippen molar-refractivity contribution < 1.29 is 9.59 Å². The summed E-state index contributed by atoms with van der Waals surface area (Å²) in [5, 5.41) is 7.05. The molecule has 0 radical (unpaired) electrons. The van der Waals surface area contributed by atoms with Crippen LogP contribution in [-0.2, 0) is 0 Å². The highest BCUT2D eigenvalue weighted by Gasteiger charge is 2.09. The van der Waals surface area contributed by atoms with E-state index in [1.54, 1.807) is 42.6 Å². The van der Waals surface area contributed by atoms with E-state index in [2.05, 4.69) is 20.6 Å². The van der Waals surface area contributed by atoms with E-state index in [1.807, 2.05) is 30.3 Å². The molecule has 2 aromatic carbocycles. The number of hydrogen-bond acceptors (Lipinski definition) is 5. The molecule has 6 heteroatoms. The predicted molar refractivity (Wildman–Crippen MR) is 114 cm³/mol. The van der Waals surface area contributed by atoms with Crippen molar-refractivity contribution >= 4 is 39.8 Å². The molecule has 1 amide bonds. The lowest BCUT2D eigenvalue weighted by atomic mass is 10.1. The van der Waals surface area contributed by atoms with Crippen molar-refractivity contribution in [2.75, 3.05) is 10.6 Å². The Labute approximate surface area is 167 Å². The molecule has 2 aromatic heterocycles. The number of ketones is 1. The third-order valence-corrected chi connectivity index (χ3v) is 4.45. The van der Waals surface area contributed by atoms with E-state index in [-0.39, 0.29) is 11.7 Å². The number of anilines is 3. The number of aromatic nitrogens is 2. The molecule has 0 saturated heterocycles. The Bertz CT molecular complexity index is 1200. The first-order chi connectivity index (χ1) is 14.1. The molecule has 0 aliphatic rings. The Morgan fingerprint density at radius 2 is 1.69 bits per heavy atom. The SMILES string of the molecule is CC(=O)c1cccc(NC(=O)c2ccc(Nc3cccc4cccnc34)nc2)c1. The van der Waals surface area contributed by atoms with Crippen LogP contribution in [0.25, 0.3) is 10.9 Å². The minimum Gasteiger partial charge on any atom is -0.338 e. The third kappa shape index (κ3) is 4.11. The van der Waals surface area contributed by atoms with E-state index >= 15 is 0 Å². The molecule has 6 nitrogen and oxygen atoms in total. The summed E-state index contributed by atoms with van der Waals surface area (Å²) in [5.74, 6) is 0.260. The molecular weight excluding hydrogens is 364 g/mol. The fourth-order valence-electron chi connectivity index (χ4n) is 2.96. The number of benzene rings is 2. The molecule has 0 unspecified atom stereocenters. The van der Waals surface area contributed by atoms with Crippen molar-refractivity contribution in [3.63, 3.8) is 0 Å². The fraction of sp³-hybridized carbons (Fsp3) is 0.0435. The number of carbonyl (C=O) groups excluding carboxylic acids is 2. The van der Waals surface area contributed by atoms with E-state index in [9.17, 15) is 9.59 Å². The number of hydrogen-bond donors (Lipinski definition) is 2. The van der Waals surface area contributed by atoms with Gasteiger partial charge >= 0.3 is 0 Å². The van der Waals surface area contributed by atoms with Gasteiger partial charge < -0.3 is 10.6 Å². The van der Waals surface area contributed by atoms with E-state index in [0.717, 1.165) is 16.6 Å². The normalized spacial score (nSPS) is 10.5. The van der Waals surface area contributed by atoms with Gasteiger partial charge in [-0.15, -0.1) is 0 Å². The minimum absolute atomic E-state index is 0.0545. The van der Waals surface area contributed by atoms with Gasteiger partial charge in [-0.1, -0.05) is 30.3 Å². The quantitative estimate of drug-likeness (QED) is 0.483. The molecule has 0 aliphatic heterocycles. The van der Waals surface area contributed by atoms with Gasteiger partial charge in [-0.05, 0) is 43.3 Å². The standard InChI is InChI=1S/C23H18N4O2/c1-15(28)17-6-2-8-19(13-17)26-23(29)18-10-11-21(25-14-18)27-20-9-3-5-16-7-4-12-24-22(16)20/h2-14H,1H3,(H,25,27)(H,26,29). The molecule has 0 aliphatic carbocycles. The minimum atomic E-state index is -0.295. The third-order valence-electron chi connectivity index (χ3n) is 4.45. The summed E-state index contributed by atoms with van der Waals surface area (Å²) in [4.78, 5) is 32.7. The van der Waals surface area contributed by atoms with Crippen LogP contribution in [0.15, 0.2) is 79.1 Å². The Morgan fingerprint density at radius 3 is 2.48 bits per heavy atom. The summed E-state index contributed by atoms with van der Waals surface area (Å²) < 4.78 is 0. The van der Waals surface area contributed by atoms with Crippen molar-refractivity contribution in [3.8, 4) is 0 Å². The van der Waals surface area contributed by atoms with Gasteiger partial charge in [0.05, 0.1) is 16.8 Å². The maximum Gasteiger partial charge on any atom is 0.257 e. The number of para-hydroxylation sites is 1. The second-order valence-corrected chi connectivity index (χ2v) is 6.53. The molecule has 0 bridgehead atoms. The lowest BCUT2D eigenvalue weighted by molar-refractivity contribution is 0.101. The Balaban J connectivity index is 1.49. The van der Waals surface area contributed by atoms with E-state index < -0.39 is 0 Å². The van der Waals surface area contributed by atoms with E-state index in [0.29, 0.717) is 22.6 Å². The van der Waals surface area contributed by atoms with Crippen LogP contribution in [0.3, 0.4) is 0 Å². The number of carbonyl (C=O) groups is 2. The van der Waals surface area contributed by atoms with Gasteiger partial charge in [0.25, 0.3) is 5.91 Å². The topological polar surface area (TPSA) is 84.0 Å². The van der Waals surface area contributed by atoms with Gasteiger partial charge in [-0.3, -0.25) is 14.6 Å². The molecule has 2 heterocycles. The van der Waals surface area contributed by atoms with Crippen molar-refractivity contribution in [1.82, 2.24) is 9.97 Å². The number of amides is 1. The molecule has 0 saturated carbocycles. The number of nitrogens with one attached hydrogen (secondary N) is 2. The molecule has 0 fully saturated rings. The highest BCUT2D eigenvalue weighted by atomic mass is 16.1. The van der Waals surface area contributed by atoms with E-state index in [1.165, 1.54) is 13.1 Å².